The van der Waals surface area contributed by atoms with Crippen molar-refractivity contribution in [2.75, 3.05) is 0 Å². The molecule has 1 aromatic rings. The molecule has 1 aromatic carbocycles. The molecule has 3 N–H and O–H groups in total. The van der Waals surface area contributed by atoms with Crippen molar-refractivity contribution in [3.63, 3.8) is 0 Å². The topological polar surface area (TPSA) is 78.4 Å². The first-order chi connectivity index (χ1) is 11.7. The molecule has 5 nitrogen and oxygen atoms in total. The van der Waals surface area contributed by atoms with E-state index in [1.165, 1.54) is 0 Å². The molecule has 1 fully saturated rings. The summed E-state index contributed by atoms with van der Waals surface area (Å²) < 4.78 is 0. The fourth-order valence-electron chi connectivity index (χ4n) is 3.51. The third-order valence-electron chi connectivity index (χ3n) is 5.05. The van der Waals surface area contributed by atoms with E-state index in [0.717, 1.165) is 24.0 Å². The zero-order chi connectivity index (χ0) is 18.6. The standard InChI is InChI=1S/C20H30N2O3/c1-13-7-5-6-8-16(13)17(20(2,3)4)22-19(25)21-15-11-9-14(10-12-15)18(23)24/h5-8,14-15,17H,9-12H2,1-4H3,(H,23,24)(H2,21,22,25). The number of carboxylic acid groups (broad SMARTS) is 1. The van der Waals surface area contributed by atoms with Crippen molar-refractivity contribution in [2.45, 2.75) is 65.5 Å². The second-order valence-electron chi connectivity index (χ2n) is 8.16. The van der Waals surface area contributed by atoms with Crippen LogP contribution in [0.25, 0.3) is 0 Å². The first-order valence-electron chi connectivity index (χ1n) is 9.04. The van der Waals surface area contributed by atoms with Gasteiger partial charge in [0.05, 0.1) is 12.0 Å². The molecule has 5 heteroatoms. The maximum atomic E-state index is 12.5. The molecule has 0 spiro atoms. The minimum absolute atomic E-state index is 0.0492. The molecule has 0 heterocycles. The lowest BCUT2D eigenvalue weighted by molar-refractivity contribution is -0.142. The van der Waals surface area contributed by atoms with Crippen molar-refractivity contribution in [2.24, 2.45) is 11.3 Å². The fraction of sp³-hybridized carbons (Fsp3) is 0.600. The van der Waals surface area contributed by atoms with Gasteiger partial charge in [-0.25, -0.2) is 4.79 Å². The Bertz CT molecular complexity index is 614. The Morgan fingerprint density at radius 1 is 1.12 bits per heavy atom. The summed E-state index contributed by atoms with van der Waals surface area (Å²) in [5.74, 6) is -0.995. The summed E-state index contributed by atoms with van der Waals surface area (Å²) >= 11 is 0. The highest BCUT2D eigenvalue weighted by Gasteiger charge is 2.31. The molecule has 1 aliphatic rings. The van der Waals surface area contributed by atoms with Crippen LogP contribution < -0.4 is 10.6 Å². The van der Waals surface area contributed by atoms with Crippen LogP contribution in [0.4, 0.5) is 4.79 Å². The van der Waals surface area contributed by atoms with Gasteiger partial charge >= 0.3 is 12.0 Å². The average molecular weight is 346 g/mol. The molecule has 0 aliphatic heterocycles. The number of rotatable bonds is 4. The zero-order valence-electron chi connectivity index (χ0n) is 15.6. The first kappa shape index (κ1) is 19.3. The third kappa shape index (κ3) is 5.21. The van der Waals surface area contributed by atoms with Crippen LogP contribution in [0.5, 0.6) is 0 Å². The molecule has 1 aliphatic carbocycles. The number of aliphatic carboxylic acids is 1. The van der Waals surface area contributed by atoms with Gasteiger partial charge in [0.1, 0.15) is 0 Å². The van der Waals surface area contributed by atoms with E-state index >= 15 is 0 Å². The number of benzene rings is 1. The third-order valence-corrected chi connectivity index (χ3v) is 5.05. The number of aryl methyl sites for hydroxylation is 1. The van der Waals surface area contributed by atoms with Crippen LogP contribution >= 0.6 is 0 Å². The normalized spacial score (nSPS) is 22.1. The van der Waals surface area contributed by atoms with Gasteiger partial charge in [-0.2, -0.15) is 0 Å². The van der Waals surface area contributed by atoms with E-state index in [4.69, 9.17) is 5.11 Å². The lowest BCUT2D eigenvalue weighted by Crippen LogP contribution is -2.47. The van der Waals surface area contributed by atoms with E-state index in [9.17, 15) is 9.59 Å². The van der Waals surface area contributed by atoms with Gasteiger partial charge in [-0.05, 0) is 49.1 Å². The summed E-state index contributed by atoms with van der Waals surface area (Å²) in [5.41, 5.74) is 2.16. The molecule has 138 valence electrons. The van der Waals surface area contributed by atoms with Crippen molar-refractivity contribution in [3.05, 3.63) is 35.4 Å². The van der Waals surface area contributed by atoms with Gasteiger partial charge in [-0.3, -0.25) is 4.79 Å². The highest BCUT2D eigenvalue weighted by atomic mass is 16.4. The highest BCUT2D eigenvalue weighted by molar-refractivity contribution is 5.75. The van der Waals surface area contributed by atoms with Gasteiger partial charge in [0.15, 0.2) is 0 Å². The Kier molecular flexibility index (Phi) is 6.09. The molecule has 1 saturated carbocycles. The Labute approximate surface area is 150 Å². The molecule has 0 bridgehead atoms. The van der Waals surface area contributed by atoms with Crippen LogP contribution in [-0.4, -0.2) is 23.1 Å². The Morgan fingerprint density at radius 3 is 2.24 bits per heavy atom. The van der Waals surface area contributed by atoms with E-state index in [1.54, 1.807) is 0 Å². The number of carbonyl (C=O) groups is 2. The van der Waals surface area contributed by atoms with E-state index in [2.05, 4.69) is 50.5 Å². The summed E-state index contributed by atoms with van der Waals surface area (Å²) in [6.07, 6.45) is 2.69. The van der Waals surface area contributed by atoms with Gasteiger partial charge in [-0.1, -0.05) is 45.0 Å². The van der Waals surface area contributed by atoms with Gasteiger partial charge in [0, 0.05) is 6.04 Å². The van der Waals surface area contributed by atoms with Crippen LogP contribution in [-0.2, 0) is 4.79 Å². The molecular formula is C20H30N2O3. The molecule has 0 radical (unpaired) electrons. The van der Waals surface area contributed by atoms with Gasteiger partial charge < -0.3 is 15.7 Å². The summed E-state index contributed by atoms with van der Waals surface area (Å²) in [6, 6.07) is 7.89. The smallest absolute Gasteiger partial charge is 0.315 e. The van der Waals surface area contributed by atoms with Crippen LogP contribution in [0, 0.1) is 18.3 Å². The number of hydrogen-bond acceptors (Lipinski definition) is 2. The van der Waals surface area contributed by atoms with Crippen molar-refractivity contribution in [1.29, 1.82) is 0 Å². The number of carboxylic acids is 1. The monoisotopic (exact) mass is 346 g/mol. The second kappa shape index (κ2) is 7.89. The van der Waals surface area contributed by atoms with E-state index < -0.39 is 5.97 Å². The summed E-state index contributed by atoms with van der Waals surface area (Å²) in [5, 5.41) is 15.2. The Balaban J connectivity index is 1.99. The maximum absolute atomic E-state index is 12.5. The zero-order valence-corrected chi connectivity index (χ0v) is 15.6. The molecule has 2 amide bonds. The lowest BCUT2D eigenvalue weighted by atomic mass is 9.81. The predicted octanol–water partition coefficient (Wildman–Crippen LogP) is 4.02. The van der Waals surface area contributed by atoms with Crippen molar-refractivity contribution in [3.8, 4) is 0 Å². The molecule has 0 saturated heterocycles. The second-order valence-corrected chi connectivity index (χ2v) is 8.16. The molecule has 0 aromatic heterocycles. The van der Waals surface area contributed by atoms with Gasteiger partial charge in [0.2, 0.25) is 0 Å². The van der Waals surface area contributed by atoms with Gasteiger partial charge in [0.25, 0.3) is 0 Å². The van der Waals surface area contributed by atoms with Crippen LogP contribution in [0.15, 0.2) is 24.3 Å². The quantitative estimate of drug-likeness (QED) is 0.770. The lowest BCUT2D eigenvalue weighted by Gasteiger charge is -2.34. The van der Waals surface area contributed by atoms with Crippen LogP contribution in [0.2, 0.25) is 0 Å². The minimum Gasteiger partial charge on any atom is -0.481 e. The highest BCUT2D eigenvalue weighted by Crippen LogP contribution is 2.34. The number of carbonyl (C=O) groups excluding carboxylic acids is 1. The van der Waals surface area contributed by atoms with Crippen LogP contribution in [0.3, 0.4) is 0 Å². The largest absolute Gasteiger partial charge is 0.481 e. The SMILES string of the molecule is Cc1ccccc1C(NC(=O)NC1CCC(C(=O)O)CC1)C(C)(C)C. The molecular weight excluding hydrogens is 316 g/mol. The average Bonchev–Trinajstić information content (AvgIpc) is 2.53. The molecule has 1 unspecified atom stereocenters. The molecule has 1 atom stereocenters. The van der Waals surface area contributed by atoms with E-state index in [-0.39, 0.29) is 29.4 Å². The number of hydrogen-bond donors (Lipinski definition) is 3. The Hall–Kier alpha value is -2.04. The minimum atomic E-state index is -0.727. The maximum Gasteiger partial charge on any atom is 0.315 e. The Morgan fingerprint density at radius 2 is 1.72 bits per heavy atom. The van der Waals surface area contributed by atoms with E-state index in [1.807, 2.05) is 12.1 Å². The van der Waals surface area contributed by atoms with E-state index in [0.29, 0.717) is 12.8 Å². The molecule has 2 rings (SSSR count). The van der Waals surface area contributed by atoms with Crippen molar-refractivity contribution < 1.29 is 14.7 Å². The van der Waals surface area contributed by atoms with Crippen LogP contribution in [0.1, 0.15) is 63.6 Å². The predicted molar refractivity (Wildman–Crippen MR) is 98.4 cm³/mol. The molecule has 25 heavy (non-hydrogen) atoms. The van der Waals surface area contributed by atoms with Gasteiger partial charge in [-0.15, -0.1) is 0 Å². The number of nitrogens with one attached hydrogen (secondary N) is 2. The van der Waals surface area contributed by atoms with Crippen molar-refractivity contribution >= 4 is 12.0 Å². The number of amides is 2. The first-order valence-corrected chi connectivity index (χ1v) is 9.04. The summed E-state index contributed by atoms with van der Waals surface area (Å²) in [4.78, 5) is 23.6. The number of urea groups is 1. The summed E-state index contributed by atoms with van der Waals surface area (Å²) in [6.45, 7) is 8.40. The summed E-state index contributed by atoms with van der Waals surface area (Å²) in [7, 11) is 0. The fourth-order valence-corrected chi connectivity index (χ4v) is 3.51. The van der Waals surface area contributed by atoms with Crippen molar-refractivity contribution in [1.82, 2.24) is 10.6 Å².